The van der Waals surface area contributed by atoms with Crippen molar-refractivity contribution in [1.82, 2.24) is 9.97 Å². The number of carbonyl (C=O) groups excluding carboxylic acids is 1. The normalized spacial score (nSPS) is 25.4. The average molecular weight is 281 g/mol. The van der Waals surface area contributed by atoms with Crippen molar-refractivity contribution in [3.8, 4) is 0 Å². The van der Waals surface area contributed by atoms with Crippen molar-refractivity contribution in [1.29, 1.82) is 0 Å². The predicted octanol–water partition coefficient (Wildman–Crippen LogP) is 1.25. The van der Waals surface area contributed by atoms with E-state index >= 15 is 0 Å². The molecule has 0 bridgehead atoms. The minimum Gasteiger partial charge on any atom is -0.379 e. The third-order valence-corrected chi connectivity index (χ3v) is 3.88. The lowest BCUT2D eigenvalue weighted by Gasteiger charge is -2.32. The first-order chi connectivity index (χ1) is 9.56. The van der Waals surface area contributed by atoms with Gasteiger partial charge in [0.25, 0.3) is 0 Å². The fourth-order valence-corrected chi connectivity index (χ4v) is 2.44. The number of fused-ring (bicyclic) bond motifs is 1. The molecule has 7 nitrogen and oxygen atoms in total. The highest BCUT2D eigenvalue weighted by Gasteiger charge is 2.30. The molecule has 3 heterocycles. The van der Waals surface area contributed by atoms with E-state index in [1.54, 1.807) is 0 Å². The average Bonchev–Trinajstić information content (AvgIpc) is 2.91. The molecule has 0 radical (unpaired) electrons. The minimum absolute atomic E-state index is 0. The second-order valence-electron chi connectivity index (χ2n) is 5.31. The van der Waals surface area contributed by atoms with Crippen LogP contribution < -0.4 is 15.5 Å². The van der Waals surface area contributed by atoms with Gasteiger partial charge in [-0.1, -0.05) is 0 Å². The van der Waals surface area contributed by atoms with Crippen LogP contribution in [0.1, 0.15) is 21.9 Å². The van der Waals surface area contributed by atoms with E-state index in [0.29, 0.717) is 18.2 Å². The van der Waals surface area contributed by atoms with Crippen LogP contribution in [-0.2, 0) is 9.53 Å². The molecule has 1 fully saturated rings. The van der Waals surface area contributed by atoms with Gasteiger partial charge in [0.1, 0.15) is 11.7 Å². The minimum atomic E-state index is -0.237. The number of carbonyl (C=O) groups is 1. The molecule has 0 aromatic carbocycles. The van der Waals surface area contributed by atoms with Crippen molar-refractivity contribution >= 4 is 23.4 Å². The van der Waals surface area contributed by atoms with Crippen molar-refractivity contribution in [3.63, 3.8) is 0 Å². The number of hydrogen-bond acceptors (Lipinski definition) is 6. The number of anilines is 3. The molecule has 3 rings (SSSR count). The molecule has 0 unspecified atom stereocenters. The highest BCUT2D eigenvalue weighted by Crippen LogP contribution is 2.32. The van der Waals surface area contributed by atoms with Crippen LogP contribution >= 0.6 is 0 Å². The fraction of sp³-hybridized carbons (Fsp3) is 0.615. The van der Waals surface area contributed by atoms with Gasteiger partial charge in [-0.3, -0.25) is 4.79 Å². The van der Waals surface area contributed by atoms with Crippen LogP contribution in [0.5, 0.6) is 0 Å². The van der Waals surface area contributed by atoms with Crippen LogP contribution in [0.2, 0.25) is 0 Å². The summed E-state index contributed by atoms with van der Waals surface area (Å²) in [7, 11) is 1.87. The van der Waals surface area contributed by atoms with E-state index in [2.05, 4.69) is 20.6 Å². The van der Waals surface area contributed by atoms with E-state index in [1.807, 2.05) is 25.8 Å². The lowest BCUT2D eigenvalue weighted by molar-refractivity contribution is -0.117. The number of ether oxygens (including phenoxy) is 1. The molecule has 7 heteroatoms. The number of nitrogens with one attached hydrogen (secondary N) is 2. The molecule has 1 aromatic rings. The Morgan fingerprint density at radius 2 is 2.30 bits per heavy atom. The molecule has 2 N–H and O–H groups in total. The molecule has 1 saturated heterocycles. The molecule has 112 valence electrons. The second kappa shape index (κ2) is 4.90. The van der Waals surface area contributed by atoms with Gasteiger partial charge in [0.2, 0.25) is 11.9 Å². The first kappa shape index (κ1) is 13.1. The summed E-state index contributed by atoms with van der Waals surface area (Å²) in [5.41, 5.74) is 1.47. The molecule has 1 aromatic heterocycles. The first-order valence-corrected chi connectivity index (χ1v) is 6.83. The summed E-state index contributed by atoms with van der Waals surface area (Å²) in [6.07, 6.45) is 0.961. The van der Waals surface area contributed by atoms with Gasteiger partial charge in [0.15, 0.2) is 5.82 Å². The van der Waals surface area contributed by atoms with Crippen molar-refractivity contribution < 1.29 is 12.4 Å². The maximum atomic E-state index is 11.8. The lowest BCUT2D eigenvalue weighted by atomic mass is 10.2. The Balaban J connectivity index is 0.00000121. The van der Waals surface area contributed by atoms with E-state index in [-0.39, 0.29) is 20.8 Å². The number of amides is 1. The van der Waals surface area contributed by atoms with Crippen molar-refractivity contribution in [2.75, 3.05) is 35.8 Å². The highest BCUT2D eigenvalue weighted by atomic mass is 16.5. The summed E-state index contributed by atoms with van der Waals surface area (Å²) in [6.45, 7) is 5.19. The topological polar surface area (TPSA) is 79.4 Å². The number of aromatic nitrogens is 2. The van der Waals surface area contributed by atoms with Crippen LogP contribution in [-0.4, -0.2) is 48.2 Å². The molecule has 2 atom stereocenters. The number of nitrogens with zero attached hydrogens (tertiary/aromatic N) is 3. The smallest absolute Gasteiger partial charge is 0.246 e. The highest BCUT2D eigenvalue weighted by molar-refractivity contribution is 6.03. The Kier molecular flexibility index (Phi) is 3.21. The Bertz CT molecular complexity index is 551. The van der Waals surface area contributed by atoms with Gasteiger partial charge in [0, 0.05) is 16.5 Å². The largest absolute Gasteiger partial charge is 0.379 e. The summed E-state index contributed by atoms with van der Waals surface area (Å²) < 4.78 is 5.34. The molecule has 2 aliphatic heterocycles. The van der Waals surface area contributed by atoms with Gasteiger partial charge in [-0.2, -0.15) is 4.98 Å². The summed E-state index contributed by atoms with van der Waals surface area (Å²) in [6, 6.07) is 0.0211. The molecular weight excluding hydrogens is 258 g/mol. The van der Waals surface area contributed by atoms with E-state index in [0.717, 1.165) is 24.5 Å². The molecule has 2 aliphatic rings. The summed E-state index contributed by atoms with van der Waals surface area (Å²) >= 11 is 0. The van der Waals surface area contributed by atoms with Crippen molar-refractivity contribution in [2.24, 2.45) is 0 Å². The third kappa shape index (κ3) is 2.18. The molecule has 0 saturated carbocycles. The summed E-state index contributed by atoms with van der Waals surface area (Å²) in [5, 5.41) is 6.16. The fourth-order valence-electron chi connectivity index (χ4n) is 2.44. The lowest BCUT2D eigenvalue weighted by Crippen LogP contribution is -2.45. The second-order valence-corrected chi connectivity index (χ2v) is 5.31. The number of rotatable bonds is 2. The zero-order valence-corrected chi connectivity index (χ0v) is 11.9. The molecular formula is C13H23N5O2. The number of aryl methyl sites for hydroxylation is 1. The predicted molar refractivity (Wildman–Crippen MR) is 80.3 cm³/mol. The Morgan fingerprint density at radius 3 is 3.00 bits per heavy atom. The Labute approximate surface area is 120 Å². The summed E-state index contributed by atoms with van der Waals surface area (Å²) in [5.74, 6) is 1.31. The maximum absolute atomic E-state index is 11.8. The van der Waals surface area contributed by atoms with Crippen LogP contribution in [0.4, 0.5) is 17.5 Å². The van der Waals surface area contributed by atoms with Gasteiger partial charge in [-0.25, -0.2) is 4.98 Å². The Morgan fingerprint density at radius 1 is 1.50 bits per heavy atom. The molecule has 1 amide bonds. The van der Waals surface area contributed by atoms with E-state index in [1.165, 1.54) is 0 Å². The standard InChI is InChI=1S/C13H19N5O2.2H2/c1-7-10-11(18(3)8(2)12(19)16-10)17-13(14-7)15-9-4-5-20-6-9;;/h8-9H,4-6H2,1-3H3,(H,16,19)(H,14,15,17);2*1H/t8-,9-;;/m0../s1. The SMILES string of the molecule is Cc1nc(N[C@H]2CCOC2)nc2c1NC(=O)[C@H](C)N2C.[HH].[HH]. The van der Waals surface area contributed by atoms with Gasteiger partial charge in [-0.15, -0.1) is 0 Å². The van der Waals surface area contributed by atoms with E-state index < -0.39 is 0 Å². The van der Waals surface area contributed by atoms with Crippen molar-refractivity contribution in [3.05, 3.63) is 5.69 Å². The zero-order valence-electron chi connectivity index (χ0n) is 11.9. The third-order valence-electron chi connectivity index (χ3n) is 3.88. The molecule has 0 aliphatic carbocycles. The van der Waals surface area contributed by atoms with Crippen LogP contribution in [0.15, 0.2) is 0 Å². The number of hydrogen-bond donors (Lipinski definition) is 2. The van der Waals surface area contributed by atoms with Crippen LogP contribution in [0, 0.1) is 6.92 Å². The van der Waals surface area contributed by atoms with Gasteiger partial charge >= 0.3 is 0 Å². The Hall–Kier alpha value is -1.89. The first-order valence-electron chi connectivity index (χ1n) is 6.83. The van der Waals surface area contributed by atoms with Crippen LogP contribution in [0.3, 0.4) is 0 Å². The monoisotopic (exact) mass is 281 g/mol. The summed E-state index contributed by atoms with van der Waals surface area (Å²) in [4.78, 5) is 22.7. The van der Waals surface area contributed by atoms with Gasteiger partial charge < -0.3 is 20.3 Å². The quantitative estimate of drug-likeness (QED) is 0.849. The van der Waals surface area contributed by atoms with Crippen molar-refractivity contribution in [2.45, 2.75) is 32.4 Å². The molecule has 20 heavy (non-hydrogen) atoms. The van der Waals surface area contributed by atoms with E-state index in [4.69, 9.17) is 4.74 Å². The maximum Gasteiger partial charge on any atom is 0.246 e. The number of likely N-dealkylation sites (N-methyl/N-ethyl adjacent to an activating group) is 1. The van der Waals surface area contributed by atoms with Gasteiger partial charge in [-0.05, 0) is 20.3 Å². The van der Waals surface area contributed by atoms with Gasteiger partial charge in [0.05, 0.1) is 18.3 Å². The van der Waals surface area contributed by atoms with Crippen LogP contribution in [0.25, 0.3) is 0 Å². The molecule has 0 spiro atoms. The zero-order chi connectivity index (χ0) is 14.3. The van der Waals surface area contributed by atoms with E-state index in [9.17, 15) is 4.79 Å².